The van der Waals surface area contributed by atoms with E-state index < -0.39 is 5.54 Å². The molecule has 4 N–H and O–H groups in total. The summed E-state index contributed by atoms with van der Waals surface area (Å²) in [7, 11) is 0. The van der Waals surface area contributed by atoms with Crippen LogP contribution in [0.2, 0.25) is 0 Å². The van der Waals surface area contributed by atoms with Gasteiger partial charge in [0, 0.05) is 17.1 Å². The summed E-state index contributed by atoms with van der Waals surface area (Å²) in [5.41, 5.74) is 8.35. The average Bonchev–Trinajstić information content (AvgIpc) is 2.58. The number of carbonyl (C=O) groups excluding carboxylic acids is 1. The van der Waals surface area contributed by atoms with Crippen LogP contribution in [0.15, 0.2) is 54.6 Å². The largest absolute Gasteiger partial charge is 0.356 e. The Morgan fingerprint density at radius 1 is 0.833 bits per heavy atom. The molecule has 4 nitrogen and oxygen atoms in total. The second-order valence-corrected chi connectivity index (χ2v) is 6.24. The highest BCUT2D eigenvalue weighted by atomic mass is 35.5. The molecule has 1 saturated carbocycles. The third-order valence-electron chi connectivity index (χ3n) is 4.40. The topological polar surface area (TPSA) is 67.2 Å². The Hall–Kier alpha value is -2.04. The van der Waals surface area contributed by atoms with Crippen LogP contribution in [0.5, 0.6) is 0 Å². The molecule has 24 heavy (non-hydrogen) atoms. The van der Waals surface area contributed by atoms with Crippen LogP contribution >= 0.6 is 12.4 Å². The van der Waals surface area contributed by atoms with E-state index in [1.807, 2.05) is 54.6 Å². The monoisotopic (exact) mass is 345 g/mol. The van der Waals surface area contributed by atoms with E-state index in [-0.39, 0.29) is 18.3 Å². The van der Waals surface area contributed by atoms with Gasteiger partial charge in [0.15, 0.2) is 0 Å². The highest BCUT2D eigenvalue weighted by molar-refractivity contribution is 5.98. The number of benzene rings is 2. The molecular formula is C19H24ClN3O. The smallest absolute Gasteiger partial charge is 0.244 e. The van der Waals surface area contributed by atoms with Crippen LogP contribution in [-0.4, -0.2) is 11.4 Å². The molecule has 1 amide bonds. The summed E-state index contributed by atoms with van der Waals surface area (Å²) < 4.78 is 0. The SMILES string of the molecule is Cl.NC1(C(=O)Nc2ccc(Nc3ccccc3)cc2)CCCCC1. The maximum absolute atomic E-state index is 12.4. The van der Waals surface area contributed by atoms with Crippen molar-refractivity contribution < 1.29 is 4.79 Å². The normalized spacial score (nSPS) is 15.9. The highest BCUT2D eigenvalue weighted by Gasteiger charge is 2.35. The molecule has 0 heterocycles. The summed E-state index contributed by atoms with van der Waals surface area (Å²) in [6.07, 6.45) is 4.78. The van der Waals surface area contributed by atoms with E-state index in [4.69, 9.17) is 5.73 Å². The fourth-order valence-corrected chi connectivity index (χ4v) is 2.99. The molecule has 2 aromatic rings. The molecule has 0 atom stereocenters. The maximum Gasteiger partial charge on any atom is 0.244 e. The van der Waals surface area contributed by atoms with E-state index in [1.54, 1.807) is 0 Å². The molecule has 0 spiro atoms. The van der Waals surface area contributed by atoms with Gasteiger partial charge < -0.3 is 16.4 Å². The minimum Gasteiger partial charge on any atom is -0.356 e. The minimum absolute atomic E-state index is 0. The first kappa shape index (κ1) is 18.3. The van der Waals surface area contributed by atoms with Gasteiger partial charge in [0.05, 0.1) is 5.54 Å². The van der Waals surface area contributed by atoms with Crippen molar-refractivity contribution in [2.24, 2.45) is 5.73 Å². The third kappa shape index (κ3) is 4.49. The predicted molar refractivity (Wildman–Crippen MR) is 102 cm³/mol. The Bertz CT molecular complexity index is 652. The number of nitrogens with two attached hydrogens (primary N) is 1. The molecule has 1 aliphatic carbocycles. The van der Waals surface area contributed by atoms with Gasteiger partial charge >= 0.3 is 0 Å². The number of nitrogens with one attached hydrogen (secondary N) is 2. The van der Waals surface area contributed by atoms with Gasteiger partial charge in [0.25, 0.3) is 0 Å². The first-order chi connectivity index (χ1) is 11.2. The number of anilines is 3. The van der Waals surface area contributed by atoms with E-state index in [2.05, 4.69) is 10.6 Å². The van der Waals surface area contributed by atoms with Crippen LogP contribution in [0, 0.1) is 0 Å². The molecule has 0 bridgehead atoms. The van der Waals surface area contributed by atoms with Crippen molar-refractivity contribution in [3.63, 3.8) is 0 Å². The van der Waals surface area contributed by atoms with Gasteiger partial charge in [-0.3, -0.25) is 4.79 Å². The summed E-state index contributed by atoms with van der Waals surface area (Å²) in [4.78, 5) is 12.4. The van der Waals surface area contributed by atoms with Gasteiger partial charge in [-0.05, 0) is 49.2 Å². The lowest BCUT2D eigenvalue weighted by Crippen LogP contribution is -2.52. The van der Waals surface area contributed by atoms with E-state index in [0.29, 0.717) is 0 Å². The molecule has 0 aliphatic heterocycles. The summed E-state index contributed by atoms with van der Waals surface area (Å²) in [6.45, 7) is 0. The maximum atomic E-state index is 12.4. The number of rotatable bonds is 4. The summed E-state index contributed by atoms with van der Waals surface area (Å²) >= 11 is 0. The highest BCUT2D eigenvalue weighted by Crippen LogP contribution is 2.27. The molecule has 0 aromatic heterocycles. The number of halogens is 1. The molecule has 3 rings (SSSR count). The van der Waals surface area contributed by atoms with Crippen LogP contribution < -0.4 is 16.4 Å². The second kappa shape index (κ2) is 8.18. The third-order valence-corrected chi connectivity index (χ3v) is 4.40. The van der Waals surface area contributed by atoms with Gasteiger partial charge in [0.2, 0.25) is 5.91 Å². The van der Waals surface area contributed by atoms with Crippen molar-refractivity contribution in [1.29, 1.82) is 0 Å². The molecule has 1 fully saturated rings. The summed E-state index contributed by atoms with van der Waals surface area (Å²) in [5.74, 6) is -0.0685. The number of hydrogen-bond acceptors (Lipinski definition) is 3. The fraction of sp³-hybridized carbons (Fsp3) is 0.316. The lowest BCUT2D eigenvalue weighted by atomic mass is 9.82. The van der Waals surface area contributed by atoms with Gasteiger partial charge in [-0.1, -0.05) is 37.5 Å². The predicted octanol–water partition coefficient (Wildman–Crippen LogP) is 4.45. The molecule has 0 radical (unpaired) electrons. The van der Waals surface area contributed by atoms with Crippen molar-refractivity contribution in [2.45, 2.75) is 37.6 Å². The Balaban J connectivity index is 0.00000208. The van der Waals surface area contributed by atoms with Crippen LogP contribution in [0.3, 0.4) is 0 Å². The zero-order valence-electron chi connectivity index (χ0n) is 13.6. The lowest BCUT2D eigenvalue weighted by Gasteiger charge is -2.31. The number of carbonyl (C=O) groups is 1. The molecular weight excluding hydrogens is 322 g/mol. The van der Waals surface area contributed by atoms with E-state index >= 15 is 0 Å². The van der Waals surface area contributed by atoms with Crippen molar-refractivity contribution in [3.05, 3.63) is 54.6 Å². The first-order valence-electron chi connectivity index (χ1n) is 8.18. The molecule has 128 valence electrons. The lowest BCUT2D eigenvalue weighted by molar-refractivity contribution is -0.122. The van der Waals surface area contributed by atoms with Crippen LogP contribution in [0.4, 0.5) is 17.1 Å². The Labute approximate surface area is 149 Å². The van der Waals surface area contributed by atoms with E-state index in [1.165, 1.54) is 6.42 Å². The van der Waals surface area contributed by atoms with Crippen molar-refractivity contribution in [2.75, 3.05) is 10.6 Å². The first-order valence-corrected chi connectivity index (χ1v) is 8.18. The van der Waals surface area contributed by atoms with Crippen molar-refractivity contribution in [1.82, 2.24) is 0 Å². The van der Waals surface area contributed by atoms with Gasteiger partial charge in [-0.15, -0.1) is 12.4 Å². The van der Waals surface area contributed by atoms with Crippen LogP contribution in [-0.2, 0) is 4.79 Å². The molecule has 0 unspecified atom stereocenters. The fourth-order valence-electron chi connectivity index (χ4n) is 2.99. The van der Waals surface area contributed by atoms with E-state index in [0.717, 1.165) is 42.7 Å². The van der Waals surface area contributed by atoms with Crippen molar-refractivity contribution in [3.8, 4) is 0 Å². The Morgan fingerprint density at radius 2 is 1.38 bits per heavy atom. The molecule has 0 saturated heterocycles. The standard InChI is InChI=1S/C19H23N3O.ClH/c20-19(13-5-2-6-14-19)18(23)22-17-11-9-16(10-12-17)21-15-7-3-1-4-8-15;/h1,3-4,7-12,21H,2,5-6,13-14,20H2,(H,22,23);1H. The molecule has 2 aromatic carbocycles. The summed E-state index contributed by atoms with van der Waals surface area (Å²) in [5, 5.41) is 6.27. The van der Waals surface area contributed by atoms with Crippen molar-refractivity contribution >= 4 is 35.4 Å². The zero-order valence-corrected chi connectivity index (χ0v) is 14.4. The molecule has 5 heteroatoms. The number of para-hydroxylation sites is 1. The summed E-state index contributed by atoms with van der Waals surface area (Å²) in [6, 6.07) is 17.7. The van der Waals surface area contributed by atoms with Crippen LogP contribution in [0.25, 0.3) is 0 Å². The van der Waals surface area contributed by atoms with E-state index in [9.17, 15) is 4.79 Å². The quantitative estimate of drug-likeness (QED) is 0.766. The number of amides is 1. The average molecular weight is 346 g/mol. The molecule has 1 aliphatic rings. The van der Waals surface area contributed by atoms with Gasteiger partial charge in [-0.25, -0.2) is 0 Å². The Morgan fingerprint density at radius 3 is 2.00 bits per heavy atom. The number of hydrogen-bond donors (Lipinski definition) is 3. The Kier molecular flexibility index (Phi) is 6.23. The zero-order chi connectivity index (χ0) is 16.1. The van der Waals surface area contributed by atoms with Gasteiger partial charge in [-0.2, -0.15) is 0 Å². The van der Waals surface area contributed by atoms with Gasteiger partial charge in [0.1, 0.15) is 0 Å². The van der Waals surface area contributed by atoms with Crippen LogP contribution in [0.1, 0.15) is 32.1 Å². The second-order valence-electron chi connectivity index (χ2n) is 6.24. The minimum atomic E-state index is -0.709.